The van der Waals surface area contributed by atoms with Gasteiger partial charge in [0.05, 0.1) is 18.4 Å². The SMILES string of the molecule is CC1(C)C2CC(CN3CCC(N4C(=O)C(CC#N)c5ccccc54)CC3)C1C2. The molecule has 5 aliphatic rings. The number of anilines is 1. The largest absolute Gasteiger partial charge is 0.308 e. The molecule has 0 aromatic heterocycles. The average Bonchev–Trinajstić information content (AvgIpc) is 3.32. The normalized spacial score (nSPS) is 34.2. The summed E-state index contributed by atoms with van der Waals surface area (Å²) in [5, 5.41) is 9.17. The molecule has 28 heavy (non-hydrogen) atoms. The first-order valence-electron chi connectivity index (χ1n) is 11.0. The van der Waals surface area contributed by atoms with Crippen molar-refractivity contribution >= 4 is 11.6 Å². The van der Waals surface area contributed by atoms with Gasteiger partial charge in [-0.1, -0.05) is 32.0 Å². The zero-order valence-corrected chi connectivity index (χ0v) is 17.1. The number of likely N-dealkylation sites (tertiary alicyclic amines) is 1. The molecule has 2 aliphatic heterocycles. The van der Waals surface area contributed by atoms with Gasteiger partial charge in [0.2, 0.25) is 5.91 Å². The molecule has 4 nitrogen and oxygen atoms in total. The number of benzene rings is 1. The number of hydrogen-bond acceptors (Lipinski definition) is 3. The van der Waals surface area contributed by atoms with Gasteiger partial charge in [-0.25, -0.2) is 0 Å². The summed E-state index contributed by atoms with van der Waals surface area (Å²) in [5.74, 6) is 2.63. The van der Waals surface area contributed by atoms with Crippen LogP contribution in [0, 0.1) is 34.5 Å². The first kappa shape index (κ1) is 18.2. The third-order valence-electron chi connectivity index (χ3n) is 8.52. The van der Waals surface area contributed by atoms with E-state index in [-0.39, 0.29) is 24.3 Å². The molecule has 6 rings (SSSR count). The van der Waals surface area contributed by atoms with Crippen molar-refractivity contribution in [1.29, 1.82) is 5.26 Å². The Kier molecular flexibility index (Phi) is 4.28. The Hall–Kier alpha value is -1.86. The smallest absolute Gasteiger partial charge is 0.235 e. The van der Waals surface area contributed by atoms with Gasteiger partial charge in [-0.15, -0.1) is 0 Å². The van der Waals surface area contributed by atoms with Crippen molar-refractivity contribution in [3.8, 4) is 6.07 Å². The molecule has 0 spiro atoms. The molecule has 0 N–H and O–H groups in total. The van der Waals surface area contributed by atoms with Gasteiger partial charge in [0.15, 0.2) is 0 Å². The zero-order valence-electron chi connectivity index (χ0n) is 17.1. The predicted molar refractivity (Wildman–Crippen MR) is 110 cm³/mol. The summed E-state index contributed by atoms with van der Waals surface area (Å²) in [6.45, 7) is 8.36. The van der Waals surface area contributed by atoms with Crippen LogP contribution in [0.15, 0.2) is 24.3 Å². The third-order valence-corrected chi connectivity index (χ3v) is 8.52. The summed E-state index contributed by atoms with van der Waals surface area (Å²) in [4.78, 5) is 17.8. The average molecular weight is 378 g/mol. The Morgan fingerprint density at radius 1 is 1.18 bits per heavy atom. The molecule has 4 heteroatoms. The quantitative estimate of drug-likeness (QED) is 0.791. The van der Waals surface area contributed by atoms with Gasteiger partial charge < -0.3 is 9.80 Å². The van der Waals surface area contributed by atoms with Crippen molar-refractivity contribution in [1.82, 2.24) is 4.90 Å². The number of piperidine rings is 1. The Balaban J connectivity index is 1.24. The summed E-state index contributed by atoms with van der Waals surface area (Å²) >= 11 is 0. The van der Waals surface area contributed by atoms with E-state index in [9.17, 15) is 10.1 Å². The van der Waals surface area contributed by atoms with E-state index in [0.29, 0.717) is 5.41 Å². The lowest BCUT2D eigenvalue weighted by Gasteiger charge is -2.46. The van der Waals surface area contributed by atoms with E-state index >= 15 is 0 Å². The Morgan fingerprint density at radius 2 is 1.93 bits per heavy atom. The molecule has 3 saturated carbocycles. The van der Waals surface area contributed by atoms with Crippen molar-refractivity contribution in [2.45, 2.75) is 57.9 Å². The first-order valence-corrected chi connectivity index (χ1v) is 11.0. The lowest BCUT2D eigenvalue weighted by atomic mass is 9.60. The van der Waals surface area contributed by atoms with Crippen LogP contribution in [0.5, 0.6) is 0 Å². The Labute approximate surface area is 168 Å². The number of rotatable bonds is 4. The molecule has 3 aliphatic carbocycles. The molecular weight excluding hydrogens is 346 g/mol. The molecule has 2 heterocycles. The Bertz CT molecular complexity index is 817. The maximum atomic E-state index is 13.1. The fraction of sp³-hybridized carbons (Fsp3) is 0.667. The van der Waals surface area contributed by atoms with Crippen LogP contribution in [0.1, 0.15) is 57.4 Å². The van der Waals surface area contributed by atoms with Crippen LogP contribution >= 0.6 is 0 Å². The molecule has 1 aromatic rings. The number of nitrogens with zero attached hydrogens (tertiary/aromatic N) is 3. The fourth-order valence-electron chi connectivity index (χ4n) is 6.77. The van der Waals surface area contributed by atoms with Crippen LogP contribution in [0.2, 0.25) is 0 Å². The van der Waals surface area contributed by atoms with Crippen LogP contribution in [-0.4, -0.2) is 36.5 Å². The van der Waals surface area contributed by atoms with Crippen molar-refractivity contribution in [2.75, 3.05) is 24.5 Å². The first-order chi connectivity index (χ1) is 13.5. The summed E-state index contributed by atoms with van der Waals surface area (Å²) in [6.07, 6.45) is 5.25. The molecule has 0 radical (unpaired) electrons. The van der Waals surface area contributed by atoms with Crippen LogP contribution in [0.25, 0.3) is 0 Å². The van der Waals surface area contributed by atoms with E-state index in [1.165, 1.54) is 19.4 Å². The van der Waals surface area contributed by atoms with E-state index in [1.54, 1.807) is 0 Å². The number of carbonyl (C=O) groups excluding carboxylic acids is 1. The molecule has 4 fully saturated rings. The monoisotopic (exact) mass is 377 g/mol. The molecule has 1 amide bonds. The number of fused-ring (bicyclic) bond motifs is 2. The van der Waals surface area contributed by atoms with Crippen LogP contribution in [0.3, 0.4) is 0 Å². The minimum atomic E-state index is -0.272. The molecule has 1 saturated heterocycles. The highest BCUT2D eigenvalue weighted by Gasteiger charge is 2.58. The van der Waals surface area contributed by atoms with Gasteiger partial charge in [-0.05, 0) is 60.5 Å². The topological polar surface area (TPSA) is 47.3 Å². The van der Waals surface area contributed by atoms with Crippen molar-refractivity contribution in [3.63, 3.8) is 0 Å². The minimum Gasteiger partial charge on any atom is -0.308 e. The Morgan fingerprint density at radius 3 is 2.57 bits per heavy atom. The zero-order chi connectivity index (χ0) is 19.5. The number of para-hydroxylation sites is 1. The molecule has 2 bridgehead atoms. The standard InChI is InChI=1S/C24H31N3O/c1-24(2)17-13-16(21(24)14-17)15-26-11-8-18(9-12-26)27-22-6-4-3-5-19(22)20(7-10-25)23(27)28/h3-6,16-18,20-21H,7-9,11-15H2,1-2H3. The lowest BCUT2D eigenvalue weighted by Crippen LogP contribution is -2.48. The van der Waals surface area contributed by atoms with Crippen molar-refractivity contribution in [2.24, 2.45) is 23.2 Å². The van der Waals surface area contributed by atoms with Crippen molar-refractivity contribution in [3.05, 3.63) is 29.8 Å². The summed E-state index contributed by atoms with van der Waals surface area (Å²) < 4.78 is 0. The van der Waals surface area contributed by atoms with E-state index in [4.69, 9.17) is 0 Å². The highest BCUT2D eigenvalue weighted by Crippen LogP contribution is 2.64. The van der Waals surface area contributed by atoms with Crippen LogP contribution in [0.4, 0.5) is 5.69 Å². The van der Waals surface area contributed by atoms with Gasteiger partial charge in [-0.3, -0.25) is 4.79 Å². The van der Waals surface area contributed by atoms with Crippen molar-refractivity contribution < 1.29 is 4.79 Å². The van der Waals surface area contributed by atoms with Gasteiger partial charge >= 0.3 is 0 Å². The second-order valence-corrected chi connectivity index (χ2v) is 10.1. The molecule has 1 aromatic carbocycles. The molecule has 4 unspecified atom stereocenters. The summed E-state index contributed by atoms with van der Waals surface area (Å²) in [5.41, 5.74) is 2.67. The molecule has 4 atom stereocenters. The van der Waals surface area contributed by atoms with Gasteiger partial charge in [0, 0.05) is 31.4 Å². The molecule has 148 valence electrons. The number of hydrogen-bond donors (Lipinski definition) is 0. The predicted octanol–water partition coefficient (Wildman–Crippen LogP) is 4.18. The second-order valence-electron chi connectivity index (χ2n) is 10.1. The van der Waals surface area contributed by atoms with Crippen LogP contribution < -0.4 is 4.90 Å². The van der Waals surface area contributed by atoms with Gasteiger partial charge in [-0.2, -0.15) is 5.26 Å². The highest BCUT2D eigenvalue weighted by atomic mass is 16.2. The summed E-state index contributed by atoms with van der Waals surface area (Å²) in [6, 6.07) is 10.6. The maximum absolute atomic E-state index is 13.1. The van der Waals surface area contributed by atoms with E-state index in [0.717, 1.165) is 54.9 Å². The summed E-state index contributed by atoms with van der Waals surface area (Å²) in [7, 11) is 0. The second kappa shape index (κ2) is 6.59. The highest BCUT2D eigenvalue weighted by molar-refractivity contribution is 6.05. The minimum absolute atomic E-state index is 0.138. The maximum Gasteiger partial charge on any atom is 0.235 e. The van der Waals surface area contributed by atoms with E-state index < -0.39 is 0 Å². The van der Waals surface area contributed by atoms with Crippen LogP contribution in [-0.2, 0) is 4.79 Å². The third kappa shape index (κ3) is 2.63. The molecular formula is C24H31N3O. The van der Waals surface area contributed by atoms with Gasteiger partial charge in [0.1, 0.15) is 0 Å². The fourth-order valence-corrected chi connectivity index (χ4v) is 6.77. The lowest BCUT2D eigenvalue weighted by molar-refractivity contribution is -0.119. The van der Waals surface area contributed by atoms with E-state index in [2.05, 4.69) is 30.9 Å². The number of amides is 1. The number of carbonyl (C=O) groups is 1. The number of nitriles is 1. The van der Waals surface area contributed by atoms with Gasteiger partial charge in [0.25, 0.3) is 0 Å². The van der Waals surface area contributed by atoms with E-state index in [1.807, 2.05) is 23.1 Å².